The van der Waals surface area contributed by atoms with E-state index in [2.05, 4.69) is 20.5 Å². The summed E-state index contributed by atoms with van der Waals surface area (Å²) in [6.45, 7) is 10.7. The van der Waals surface area contributed by atoms with E-state index in [1.54, 1.807) is 23.2 Å². The van der Waals surface area contributed by atoms with E-state index < -0.39 is 23.3 Å². The van der Waals surface area contributed by atoms with Crippen LogP contribution < -0.4 is 15.5 Å². The molecule has 0 bridgehead atoms. The highest BCUT2D eigenvalue weighted by Gasteiger charge is 2.32. The van der Waals surface area contributed by atoms with Crippen molar-refractivity contribution in [2.75, 3.05) is 49.6 Å². The molecule has 2 N–H and O–H groups in total. The van der Waals surface area contributed by atoms with Crippen LogP contribution in [0.3, 0.4) is 0 Å². The van der Waals surface area contributed by atoms with Crippen molar-refractivity contribution in [1.82, 2.24) is 20.2 Å². The molecule has 230 valence electrons. The predicted octanol–water partition coefficient (Wildman–Crippen LogP) is 5.05. The van der Waals surface area contributed by atoms with E-state index >= 15 is 0 Å². The van der Waals surface area contributed by atoms with Gasteiger partial charge in [0.1, 0.15) is 11.4 Å². The molecule has 43 heavy (non-hydrogen) atoms. The first-order valence-electron chi connectivity index (χ1n) is 14.6. The fourth-order valence-electron chi connectivity index (χ4n) is 5.37. The molecule has 2 aromatic carbocycles. The molecule has 1 unspecified atom stereocenters. The molecule has 2 amide bonds. The molecule has 12 heteroatoms. The van der Waals surface area contributed by atoms with Crippen molar-refractivity contribution < 1.29 is 27.8 Å². The third-order valence-electron chi connectivity index (χ3n) is 7.53. The standard InChI is InChI=1S/C31H38F2N6O4/c1-19(36-21-7-8-24(32)25(33)16-21)23-14-20(15-26-28(23)37-27(18-34-26)38-10-12-42-13-11-38)29(40)35-17-22-6-5-9-39(22)30(41)43-31(2,3)4/h7-8,14-16,18-19,22,36H,5-6,9-13,17H2,1-4H3,(H,35,40)/t19?,22-/m1/s1. The second-order valence-electron chi connectivity index (χ2n) is 11.9. The zero-order chi connectivity index (χ0) is 30.7. The lowest BCUT2D eigenvalue weighted by Gasteiger charge is -2.29. The molecule has 0 saturated carbocycles. The highest BCUT2D eigenvalue weighted by Crippen LogP contribution is 2.29. The first-order valence-corrected chi connectivity index (χ1v) is 14.6. The van der Waals surface area contributed by atoms with Crippen LogP contribution in [0.1, 0.15) is 62.5 Å². The number of rotatable bonds is 7. The summed E-state index contributed by atoms with van der Waals surface area (Å²) in [6.07, 6.45) is 2.88. The Morgan fingerprint density at radius 3 is 2.60 bits per heavy atom. The number of ether oxygens (including phenoxy) is 2. The van der Waals surface area contributed by atoms with Crippen LogP contribution in [0.2, 0.25) is 0 Å². The van der Waals surface area contributed by atoms with Crippen LogP contribution in [0.4, 0.5) is 25.1 Å². The summed E-state index contributed by atoms with van der Waals surface area (Å²) in [5.41, 5.74) is 1.94. The van der Waals surface area contributed by atoms with Crippen LogP contribution in [-0.2, 0) is 9.47 Å². The van der Waals surface area contributed by atoms with Crippen LogP contribution in [0.5, 0.6) is 0 Å². The summed E-state index contributed by atoms with van der Waals surface area (Å²) >= 11 is 0. The number of hydrogen-bond acceptors (Lipinski definition) is 8. The van der Waals surface area contributed by atoms with Crippen LogP contribution in [0.15, 0.2) is 36.5 Å². The number of carbonyl (C=O) groups is 2. The molecule has 1 aromatic heterocycles. The second kappa shape index (κ2) is 12.7. The highest BCUT2D eigenvalue weighted by molar-refractivity contribution is 5.98. The summed E-state index contributed by atoms with van der Waals surface area (Å²) < 4.78 is 38.5. The summed E-state index contributed by atoms with van der Waals surface area (Å²) in [6, 6.07) is 6.42. The first kappa shape index (κ1) is 30.4. The number of hydrogen-bond donors (Lipinski definition) is 2. The van der Waals surface area contributed by atoms with Gasteiger partial charge in [0.05, 0.1) is 42.5 Å². The fourth-order valence-corrected chi connectivity index (χ4v) is 5.37. The fraction of sp³-hybridized carbons (Fsp3) is 0.484. The zero-order valence-corrected chi connectivity index (χ0v) is 25.0. The molecule has 0 aliphatic carbocycles. The summed E-state index contributed by atoms with van der Waals surface area (Å²) in [4.78, 5) is 39.5. The van der Waals surface area contributed by atoms with Crippen LogP contribution in [0.25, 0.3) is 11.0 Å². The molecule has 5 rings (SSSR count). The number of morpholine rings is 1. The van der Waals surface area contributed by atoms with Gasteiger partial charge in [0.25, 0.3) is 5.91 Å². The molecular weight excluding hydrogens is 558 g/mol. The lowest BCUT2D eigenvalue weighted by Crippen LogP contribution is -2.45. The Hall–Kier alpha value is -4.06. The van der Waals surface area contributed by atoms with Gasteiger partial charge in [-0.15, -0.1) is 0 Å². The molecule has 0 spiro atoms. The number of aromatic nitrogens is 2. The van der Waals surface area contributed by atoms with Gasteiger partial charge in [-0.2, -0.15) is 0 Å². The van der Waals surface area contributed by atoms with E-state index in [4.69, 9.17) is 14.5 Å². The Kier molecular flexibility index (Phi) is 8.95. The summed E-state index contributed by atoms with van der Waals surface area (Å²) in [5, 5.41) is 6.17. The second-order valence-corrected chi connectivity index (χ2v) is 11.9. The topological polar surface area (TPSA) is 109 Å². The van der Waals surface area contributed by atoms with Gasteiger partial charge in [-0.1, -0.05) is 0 Å². The number of likely N-dealkylation sites (tertiary alicyclic amines) is 1. The minimum Gasteiger partial charge on any atom is -0.444 e. The van der Waals surface area contributed by atoms with Crippen molar-refractivity contribution in [3.63, 3.8) is 0 Å². The Morgan fingerprint density at radius 1 is 1.12 bits per heavy atom. The van der Waals surface area contributed by atoms with Crippen molar-refractivity contribution in [3.8, 4) is 0 Å². The third kappa shape index (κ3) is 7.30. The van der Waals surface area contributed by atoms with Gasteiger partial charge in [0, 0.05) is 49.1 Å². The monoisotopic (exact) mass is 596 g/mol. The van der Waals surface area contributed by atoms with E-state index in [1.807, 2.05) is 27.7 Å². The molecule has 10 nitrogen and oxygen atoms in total. The van der Waals surface area contributed by atoms with Gasteiger partial charge in [-0.05, 0) is 64.8 Å². The van der Waals surface area contributed by atoms with Gasteiger partial charge >= 0.3 is 6.09 Å². The normalized spacial score (nSPS) is 18.0. The van der Waals surface area contributed by atoms with Crippen molar-refractivity contribution in [2.24, 2.45) is 0 Å². The average Bonchev–Trinajstić information content (AvgIpc) is 3.45. The van der Waals surface area contributed by atoms with Gasteiger partial charge in [-0.25, -0.2) is 18.6 Å². The Bertz CT molecular complexity index is 1490. The number of benzene rings is 2. The van der Waals surface area contributed by atoms with E-state index in [9.17, 15) is 18.4 Å². The summed E-state index contributed by atoms with van der Waals surface area (Å²) in [7, 11) is 0. The molecule has 0 radical (unpaired) electrons. The number of nitrogens with one attached hydrogen (secondary N) is 2. The Balaban J connectivity index is 1.40. The minimum atomic E-state index is -0.961. The SMILES string of the molecule is CC(Nc1ccc(F)c(F)c1)c1cc(C(=O)NC[C@H]2CCCN2C(=O)OC(C)(C)C)cc2ncc(N3CCOCC3)nc12. The predicted molar refractivity (Wildman–Crippen MR) is 159 cm³/mol. The van der Waals surface area contributed by atoms with Crippen molar-refractivity contribution >= 4 is 34.5 Å². The number of amides is 2. The largest absolute Gasteiger partial charge is 0.444 e. The smallest absolute Gasteiger partial charge is 0.410 e. The van der Waals surface area contributed by atoms with E-state index in [0.717, 1.165) is 25.0 Å². The van der Waals surface area contributed by atoms with E-state index in [1.165, 1.54) is 6.07 Å². The van der Waals surface area contributed by atoms with Gasteiger partial charge < -0.3 is 29.9 Å². The van der Waals surface area contributed by atoms with Crippen molar-refractivity contribution in [3.05, 3.63) is 59.3 Å². The van der Waals surface area contributed by atoms with Crippen molar-refractivity contribution in [1.29, 1.82) is 0 Å². The molecule has 3 aromatic rings. The highest BCUT2D eigenvalue weighted by atomic mass is 19.2. The Labute approximate surface area is 249 Å². The maximum Gasteiger partial charge on any atom is 0.410 e. The number of anilines is 2. The maximum absolute atomic E-state index is 13.9. The van der Waals surface area contributed by atoms with Crippen LogP contribution >= 0.6 is 0 Å². The third-order valence-corrected chi connectivity index (χ3v) is 7.53. The molecule has 2 fully saturated rings. The van der Waals surface area contributed by atoms with Gasteiger partial charge in [0.2, 0.25) is 0 Å². The van der Waals surface area contributed by atoms with Crippen molar-refractivity contribution in [2.45, 2.75) is 58.2 Å². The number of halogens is 2. The maximum atomic E-state index is 13.9. The lowest BCUT2D eigenvalue weighted by molar-refractivity contribution is 0.0225. The molecular formula is C31H38F2N6O4. The Morgan fingerprint density at radius 2 is 1.88 bits per heavy atom. The molecule has 2 saturated heterocycles. The zero-order valence-electron chi connectivity index (χ0n) is 25.0. The number of fused-ring (bicyclic) bond motifs is 1. The van der Waals surface area contributed by atoms with Gasteiger partial charge in [-0.3, -0.25) is 9.78 Å². The first-order chi connectivity index (χ1) is 20.5. The average molecular weight is 597 g/mol. The van der Waals surface area contributed by atoms with Crippen LogP contribution in [-0.4, -0.2) is 77.9 Å². The van der Waals surface area contributed by atoms with E-state index in [-0.39, 0.29) is 24.6 Å². The molecule has 2 aliphatic heterocycles. The van der Waals surface area contributed by atoms with Gasteiger partial charge in [0.15, 0.2) is 11.6 Å². The van der Waals surface area contributed by atoms with E-state index in [0.29, 0.717) is 66.5 Å². The quantitative estimate of drug-likeness (QED) is 0.390. The lowest BCUT2D eigenvalue weighted by atomic mass is 10.0. The molecule has 2 atom stereocenters. The molecule has 2 aliphatic rings. The number of nitrogens with zero attached hydrogens (tertiary/aromatic N) is 4. The summed E-state index contributed by atoms with van der Waals surface area (Å²) in [5.74, 6) is -1.52. The molecule has 3 heterocycles. The minimum absolute atomic E-state index is 0.177. The van der Waals surface area contributed by atoms with Crippen LogP contribution in [0, 0.1) is 11.6 Å². The number of carbonyl (C=O) groups excluding carboxylic acids is 2.